The van der Waals surface area contributed by atoms with Crippen molar-refractivity contribution in [3.8, 4) is 11.3 Å². The van der Waals surface area contributed by atoms with Gasteiger partial charge in [0, 0.05) is 18.4 Å². The van der Waals surface area contributed by atoms with Gasteiger partial charge in [-0.15, -0.1) is 0 Å². The maximum Gasteiger partial charge on any atom is 0.220 e. The van der Waals surface area contributed by atoms with Crippen LogP contribution < -0.4 is 14.9 Å². The molecule has 0 atom stereocenters. The van der Waals surface area contributed by atoms with E-state index in [1.54, 1.807) is 6.26 Å². The lowest BCUT2D eigenvalue weighted by atomic mass is 9.97. The predicted molar refractivity (Wildman–Crippen MR) is 133 cm³/mol. The van der Waals surface area contributed by atoms with Crippen molar-refractivity contribution in [3.05, 3.63) is 90.3 Å². The summed E-state index contributed by atoms with van der Waals surface area (Å²) in [5.74, 6) is 0. The molecule has 0 unspecified atom stereocenters. The Labute approximate surface area is 186 Å². The van der Waals surface area contributed by atoms with Crippen molar-refractivity contribution in [3.63, 3.8) is 0 Å². The number of rotatable bonds is 3. The van der Waals surface area contributed by atoms with E-state index in [0.717, 1.165) is 38.7 Å². The van der Waals surface area contributed by atoms with Crippen LogP contribution in [-0.2, 0) is 7.05 Å². The van der Waals surface area contributed by atoms with Gasteiger partial charge in [0.1, 0.15) is 20.7 Å². The average Bonchev–Trinajstić information content (AvgIpc) is 3.25. The Hall–Kier alpha value is -3.17. The minimum Gasteiger partial charge on any atom is -0.464 e. The molecule has 154 valence electrons. The molecule has 0 aliphatic rings. The SMILES string of the molecule is [2H]c1c(C)[n+](C)c(-c2cc3occc3cc2C)c2ccc([Si](C)(C)c3ccccc3)cc12. The summed E-state index contributed by atoms with van der Waals surface area (Å²) < 4.78 is 16.8. The summed E-state index contributed by atoms with van der Waals surface area (Å²) in [5.41, 5.74) is 5.34. The number of benzene rings is 3. The normalized spacial score (nSPS) is 12.5. The number of pyridine rings is 1. The molecule has 2 heterocycles. The van der Waals surface area contributed by atoms with E-state index in [0.29, 0.717) is 6.04 Å². The van der Waals surface area contributed by atoms with E-state index in [9.17, 15) is 0 Å². The lowest BCUT2D eigenvalue weighted by Crippen LogP contribution is -2.52. The van der Waals surface area contributed by atoms with Gasteiger partial charge in [-0.2, -0.15) is 4.57 Å². The monoisotopic (exact) mass is 423 g/mol. The second-order valence-electron chi connectivity index (χ2n) is 8.99. The Kier molecular flexibility index (Phi) is 4.32. The van der Waals surface area contributed by atoms with Crippen molar-refractivity contribution in [1.29, 1.82) is 0 Å². The molecule has 0 amide bonds. The topological polar surface area (TPSA) is 17.0 Å². The molecule has 0 saturated heterocycles. The van der Waals surface area contributed by atoms with Crippen molar-refractivity contribution >= 4 is 40.2 Å². The van der Waals surface area contributed by atoms with E-state index in [4.69, 9.17) is 5.79 Å². The molecule has 0 saturated carbocycles. The molecular formula is C28H28NOSi+. The first-order valence-corrected chi connectivity index (χ1v) is 13.8. The van der Waals surface area contributed by atoms with E-state index in [1.165, 1.54) is 15.9 Å². The molecule has 3 heteroatoms. The van der Waals surface area contributed by atoms with Gasteiger partial charge in [-0.1, -0.05) is 65.9 Å². The van der Waals surface area contributed by atoms with E-state index in [2.05, 4.69) is 92.3 Å². The number of aromatic nitrogens is 1. The molecule has 0 aliphatic carbocycles. The number of hydrogen-bond acceptors (Lipinski definition) is 1. The fourth-order valence-corrected chi connectivity index (χ4v) is 6.96. The lowest BCUT2D eigenvalue weighted by molar-refractivity contribution is -0.665. The second kappa shape index (κ2) is 7.21. The molecular weight excluding hydrogens is 394 g/mol. The highest BCUT2D eigenvalue weighted by Gasteiger charge is 2.27. The molecule has 5 rings (SSSR count). The third-order valence-corrected chi connectivity index (χ3v) is 10.2. The third kappa shape index (κ3) is 3.21. The quantitative estimate of drug-likeness (QED) is 0.276. The highest BCUT2D eigenvalue weighted by atomic mass is 28.3. The molecule has 3 aromatic carbocycles. The van der Waals surface area contributed by atoms with Crippen LogP contribution in [0.5, 0.6) is 0 Å². The smallest absolute Gasteiger partial charge is 0.220 e. The number of hydrogen-bond donors (Lipinski definition) is 0. The van der Waals surface area contributed by atoms with Gasteiger partial charge in [-0.05, 0) is 42.1 Å². The van der Waals surface area contributed by atoms with E-state index in [-0.39, 0.29) is 0 Å². The Morgan fingerprint density at radius 1 is 0.871 bits per heavy atom. The van der Waals surface area contributed by atoms with Gasteiger partial charge in [0.25, 0.3) is 0 Å². The highest BCUT2D eigenvalue weighted by Crippen LogP contribution is 2.32. The minimum absolute atomic E-state index is 0.600. The molecule has 0 aliphatic heterocycles. The maximum absolute atomic E-state index is 8.93. The molecule has 2 aromatic heterocycles. The van der Waals surface area contributed by atoms with Gasteiger partial charge in [0.15, 0.2) is 5.69 Å². The zero-order valence-corrected chi connectivity index (χ0v) is 19.8. The van der Waals surface area contributed by atoms with Crippen molar-refractivity contribution in [1.82, 2.24) is 0 Å². The van der Waals surface area contributed by atoms with Gasteiger partial charge in [0.2, 0.25) is 5.69 Å². The number of aryl methyl sites for hydroxylation is 1. The predicted octanol–water partition coefficient (Wildman–Crippen LogP) is 5.52. The minimum atomic E-state index is -1.87. The summed E-state index contributed by atoms with van der Waals surface area (Å²) in [4.78, 5) is 0. The number of fused-ring (bicyclic) bond motifs is 2. The van der Waals surface area contributed by atoms with Crippen LogP contribution in [0.25, 0.3) is 33.0 Å². The summed E-state index contributed by atoms with van der Waals surface area (Å²) in [5, 5.41) is 6.00. The van der Waals surface area contributed by atoms with Gasteiger partial charge >= 0.3 is 0 Å². The van der Waals surface area contributed by atoms with Crippen LogP contribution in [-0.4, -0.2) is 8.07 Å². The first kappa shape index (κ1) is 18.6. The van der Waals surface area contributed by atoms with E-state index in [1.807, 2.05) is 13.0 Å². The fourth-order valence-electron chi connectivity index (χ4n) is 4.60. The molecule has 0 N–H and O–H groups in total. The molecule has 31 heavy (non-hydrogen) atoms. The van der Waals surface area contributed by atoms with Crippen molar-refractivity contribution in [2.75, 3.05) is 0 Å². The summed E-state index contributed by atoms with van der Waals surface area (Å²) in [6.07, 6.45) is 1.74. The van der Waals surface area contributed by atoms with Crippen LogP contribution in [0, 0.1) is 13.8 Å². The zero-order chi connectivity index (χ0) is 22.6. The molecule has 0 fully saturated rings. The van der Waals surface area contributed by atoms with Crippen molar-refractivity contribution < 1.29 is 10.4 Å². The Morgan fingerprint density at radius 2 is 1.65 bits per heavy atom. The molecule has 0 bridgehead atoms. The first-order chi connectivity index (χ1) is 15.3. The number of furan rings is 1. The van der Waals surface area contributed by atoms with Crippen molar-refractivity contribution in [2.24, 2.45) is 7.05 Å². The lowest BCUT2D eigenvalue weighted by Gasteiger charge is -2.24. The van der Waals surface area contributed by atoms with Crippen LogP contribution in [0.15, 0.2) is 83.5 Å². The van der Waals surface area contributed by atoms with E-state index < -0.39 is 8.07 Å². The Balaban J connectivity index is 1.79. The maximum atomic E-state index is 8.93. The molecule has 0 spiro atoms. The molecule has 0 radical (unpaired) electrons. The second-order valence-corrected chi connectivity index (χ2v) is 13.4. The van der Waals surface area contributed by atoms with Crippen LogP contribution in [0.1, 0.15) is 12.6 Å². The Bertz CT molecular complexity index is 1480. The first-order valence-electron chi connectivity index (χ1n) is 11.3. The molecule has 2 nitrogen and oxygen atoms in total. The summed E-state index contributed by atoms with van der Waals surface area (Å²) in [6.45, 7) is 8.97. The van der Waals surface area contributed by atoms with Gasteiger partial charge in [0.05, 0.1) is 18.6 Å². The van der Waals surface area contributed by atoms with Crippen LogP contribution in [0.3, 0.4) is 0 Å². The van der Waals surface area contributed by atoms with Gasteiger partial charge < -0.3 is 4.42 Å². The largest absolute Gasteiger partial charge is 0.464 e. The van der Waals surface area contributed by atoms with Gasteiger partial charge in [-0.3, -0.25) is 0 Å². The van der Waals surface area contributed by atoms with E-state index >= 15 is 0 Å². The van der Waals surface area contributed by atoms with Crippen LogP contribution in [0.4, 0.5) is 0 Å². The summed E-state index contributed by atoms with van der Waals surface area (Å²) in [7, 11) is 0.193. The average molecular weight is 424 g/mol. The van der Waals surface area contributed by atoms with Gasteiger partial charge in [-0.25, -0.2) is 0 Å². The highest BCUT2D eigenvalue weighted by molar-refractivity contribution is 7.00. The third-order valence-electron chi connectivity index (χ3n) is 6.70. The fraction of sp³-hybridized carbons (Fsp3) is 0.179. The summed E-state index contributed by atoms with van der Waals surface area (Å²) in [6, 6.07) is 24.5. The zero-order valence-electron chi connectivity index (χ0n) is 19.8. The Morgan fingerprint density at radius 3 is 2.42 bits per heavy atom. The van der Waals surface area contributed by atoms with Crippen molar-refractivity contribution in [2.45, 2.75) is 26.9 Å². The number of nitrogens with zero attached hydrogens (tertiary/aromatic N) is 1. The standard InChI is InChI=1S/C28H28NOSi/c1-19-15-21-13-14-30-27(21)18-26(19)28-25-12-11-24(17-22(25)16-20(2)29(28)3)31(4,5)23-9-7-6-8-10-23/h6-18H,1-5H3/q+1/i16D. The van der Waals surface area contributed by atoms with Crippen LogP contribution >= 0.6 is 0 Å². The molecule has 5 aromatic rings. The summed E-state index contributed by atoms with van der Waals surface area (Å²) >= 11 is 0. The van der Waals surface area contributed by atoms with Crippen LogP contribution in [0.2, 0.25) is 13.1 Å².